The lowest BCUT2D eigenvalue weighted by atomic mass is 10.0. The molecule has 1 unspecified atom stereocenters. The lowest BCUT2D eigenvalue weighted by molar-refractivity contribution is 0.464. The Morgan fingerprint density at radius 3 is 2.33 bits per heavy atom. The number of halogens is 3. The van der Waals surface area contributed by atoms with Gasteiger partial charge in [0.15, 0.2) is 0 Å². The van der Waals surface area contributed by atoms with Crippen LogP contribution in [0.5, 0.6) is 0 Å². The van der Waals surface area contributed by atoms with Crippen LogP contribution in [-0.2, 0) is 6.42 Å². The summed E-state index contributed by atoms with van der Waals surface area (Å²) in [5.41, 5.74) is 1.63. The van der Waals surface area contributed by atoms with Gasteiger partial charge < -0.3 is 5.32 Å². The van der Waals surface area contributed by atoms with Crippen LogP contribution < -0.4 is 5.32 Å². The Labute approximate surface area is 134 Å². The molecule has 21 heavy (non-hydrogen) atoms. The van der Waals surface area contributed by atoms with Gasteiger partial charge >= 0.3 is 0 Å². The minimum atomic E-state index is -0.349. The number of nitrogens with one attached hydrogen (secondary N) is 1. The molecule has 0 bridgehead atoms. The molecule has 0 aliphatic heterocycles. The van der Waals surface area contributed by atoms with Crippen molar-refractivity contribution in [2.45, 2.75) is 32.4 Å². The van der Waals surface area contributed by atoms with Gasteiger partial charge in [0.05, 0.1) is 17.9 Å². The van der Waals surface area contributed by atoms with Gasteiger partial charge in [-0.2, -0.15) is 0 Å². The molecular formula is C16H17Cl2FN2. The summed E-state index contributed by atoms with van der Waals surface area (Å²) in [6.07, 6.45) is 1.81. The van der Waals surface area contributed by atoms with Crippen molar-refractivity contribution in [2.75, 3.05) is 0 Å². The van der Waals surface area contributed by atoms with E-state index >= 15 is 0 Å². The average molecular weight is 327 g/mol. The lowest BCUT2D eigenvalue weighted by Crippen LogP contribution is -2.30. The van der Waals surface area contributed by atoms with Gasteiger partial charge in [0.2, 0.25) is 0 Å². The summed E-state index contributed by atoms with van der Waals surface area (Å²) in [5, 5.41) is 4.67. The summed E-state index contributed by atoms with van der Waals surface area (Å²) >= 11 is 12.5. The van der Waals surface area contributed by atoms with Gasteiger partial charge in [0.1, 0.15) is 5.82 Å². The highest BCUT2D eigenvalue weighted by atomic mass is 35.5. The molecule has 0 aliphatic carbocycles. The summed E-state index contributed by atoms with van der Waals surface area (Å²) in [5.74, 6) is -0.349. The Morgan fingerprint density at radius 1 is 1.14 bits per heavy atom. The molecule has 0 saturated carbocycles. The van der Waals surface area contributed by atoms with E-state index in [1.54, 1.807) is 6.07 Å². The van der Waals surface area contributed by atoms with E-state index in [0.717, 1.165) is 11.3 Å². The molecule has 0 saturated heterocycles. The van der Waals surface area contributed by atoms with Crippen molar-refractivity contribution in [2.24, 2.45) is 0 Å². The second kappa shape index (κ2) is 7.21. The van der Waals surface area contributed by atoms with Gasteiger partial charge in [-0.1, -0.05) is 43.1 Å². The van der Waals surface area contributed by atoms with Crippen molar-refractivity contribution in [1.82, 2.24) is 10.3 Å². The summed E-state index contributed by atoms with van der Waals surface area (Å²) in [6.45, 7) is 4.09. The van der Waals surface area contributed by atoms with Crippen LogP contribution in [0.3, 0.4) is 0 Å². The zero-order chi connectivity index (χ0) is 15.4. The minimum absolute atomic E-state index is 0.0806. The lowest BCUT2D eigenvalue weighted by Gasteiger charge is -2.22. The van der Waals surface area contributed by atoms with Crippen LogP contribution in [0.4, 0.5) is 4.39 Å². The van der Waals surface area contributed by atoms with Gasteiger partial charge in [-0.25, -0.2) is 4.39 Å². The Bertz CT molecular complexity index is 579. The Hall–Kier alpha value is -1.16. The molecule has 0 aliphatic rings. The van der Waals surface area contributed by atoms with Gasteiger partial charge in [0.25, 0.3) is 0 Å². The number of rotatable bonds is 5. The zero-order valence-corrected chi connectivity index (χ0v) is 13.4. The number of aromatic nitrogens is 1. The maximum absolute atomic E-state index is 13.0. The average Bonchev–Trinajstić information content (AvgIpc) is 2.42. The molecule has 0 fully saturated rings. The first-order chi connectivity index (χ1) is 9.97. The van der Waals surface area contributed by atoms with E-state index in [-0.39, 0.29) is 17.9 Å². The maximum Gasteiger partial charge on any atom is 0.141 e. The van der Waals surface area contributed by atoms with E-state index in [1.807, 2.05) is 32.0 Å². The summed E-state index contributed by atoms with van der Waals surface area (Å²) < 4.78 is 13.0. The van der Waals surface area contributed by atoms with E-state index in [1.165, 1.54) is 12.3 Å². The van der Waals surface area contributed by atoms with Crippen LogP contribution >= 0.6 is 23.2 Å². The molecule has 112 valence electrons. The normalized spacial score (nSPS) is 12.7. The third-order valence-corrected chi connectivity index (χ3v) is 3.82. The first-order valence-corrected chi connectivity index (χ1v) is 7.53. The van der Waals surface area contributed by atoms with Gasteiger partial charge in [0, 0.05) is 16.1 Å². The Balaban J connectivity index is 2.30. The molecule has 2 nitrogen and oxygen atoms in total. The van der Waals surface area contributed by atoms with E-state index < -0.39 is 0 Å². The Kier molecular flexibility index (Phi) is 5.57. The quantitative estimate of drug-likeness (QED) is 0.852. The number of pyridine rings is 1. The van der Waals surface area contributed by atoms with Crippen LogP contribution in [-0.4, -0.2) is 11.0 Å². The molecule has 0 spiro atoms. The summed E-state index contributed by atoms with van der Waals surface area (Å²) in [4.78, 5) is 4.16. The number of benzene rings is 1. The third-order valence-electron chi connectivity index (χ3n) is 3.11. The topological polar surface area (TPSA) is 24.9 Å². The molecule has 2 rings (SSSR count). The molecule has 0 amide bonds. The molecule has 1 aromatic carbocycles. The summed E-state index contributed by atoms with van der Waals surface area (Å²) in [7, 11) is 0. The fourth-order valence-electron chi connectivity index (χ4n) is 2.18. The van der Waals surface area contributed by atoms with Crippen molar-refractivity contribution in [3.05, 3.63) is 63.6 Å². The zero-order valence-electron chi connectivity index (χ0n) is 11.9. The largest absolute Gasteiger partial charge is 0.306 e. The molecule has 1 atom stereocenters. The van der Waals surface area contributed by atoms with Crippen LogP contribution in [0.2, 0.25) is 10.0 Å². The standard InChI is InChI=1S/C16H17Cl2FN2/c1-10(2)21-16(15-7-6-11(19)9-20-15)8-12-13(17)4-3-5-14(12)18/h3-7,9-10,16,21H,8H2,1-2H3. The first kappa shape index (κ1) is 16.2. The number of hydrogen-bond acceptors (Lipinski definition) is 2. The minimum Gasteiger partial charge on any atom is -0.306 e. The van der Waals surface area contributed by atoms with Crippen molar-refractivity contribution in [1.29, 1.82) is 0 Å². The molecule has 5 heteroatoms. The van der Waals surface area contributed by atoms with Gasteiger partial charge in [-0.05, 0) is 36.2 Å². The Morgan fingerprint density at radius 2 is 1.81 bits per heavy atom. The van der Waals surface area contributed by atoms with Crippen molar-refractivity contribution < 1.29 is 4.39 Å². The highest BCUT2D eigenvalue weighted by molar-refractivity contribution is 6.36. The fourth-order valence-corrected chi connectivity index (χ4v) is 2.73. The first-order valence-electron chi connectivity index (χ1n) is 6.77. The monoisotopic (exact) mass is 326 g/mol. The predicted molar refractivity (Wildman–Crippen MR) is 85.4 cm³/mol. The van der Waals surface area contributed by atoms with E-state index in [2.05, 4.69) is 10.3 Å². The van der Waals surface area contributed by atoms with E-state index in [0.29, 0.717) is 16.5 Å². The molecule has 1 heterocycles. The highest BCUT2D eigenvalue weighted by Gasteiger charge is 2.18. The third kappa shape index (κ3) is 4.40. The molecule has 1 aromatic heterocycles. The molecular weight excluding hydrogens is 310 g/mol. The van der Waals surface area contributed by atoms with Crippen LogP contribution in [0.1, 0.15) is 31.1 Å². The van der Waals surface area contributed by atoms with Crippen molar-refractivity contribution >= 4 is 23.2 Å². The van der Waals surface area contributed by atoms with Crippen LogP contribution in [0, 0.1) is 5.82 Å². The SMILES string of the molecule is CC(C)NC(Cc1c(Cl)cccc1Cl)c1ccc(F)cn1. The van der Waals surface area contributed by atoms with Crippen LogP contribution in [0.15, 0.2) is 36.5 Å². The van der Waals surface area contributed by atoms with Crippen LogP contribution in [0.25, 0.3) is 0 Å². The number of nitrogens with zero attached hydrogens (tertiary/aromatic N) is 1. The van der Waals surface area contributed by atoms with Crippen molar-refractivity contribution in [3.8, 4) is 0 Å². The predicted octanol–water partition coefficient (Wildman–Crippen LogP) is 4.81. The molecule has 0 radical (unpaired) electrons. The second-order valence-electron chi connectivity index (χ2n) is 5.18. The second-order valence-corrected chi connectivity index (χ2v) is 5.99. The molecule has 2 aromatic rings. The van der Waals surface area contributed by atoms with E-state index in [9.17, 15) is 4.39 Å². The number of hydrogen-bond donors (Lipinski definition) is 1. The maximum atomic E-state index is 13.0. The molecule has 1 N–H and O–H groups in total. The smallest absolute Gasteiger partial charge is 0.141 e. The van der Waals surface area contributed by atoms with Crippen molar-refractivity contribution in [3.63, 3.8) is 0 Å². The van der Waals surface area contributed by atoms with Gasteiger partial charge in [-0.3, -0.25) is 4.98 Å². The van der Waals surface area contributed by atoms with Gasteiger partial charge in [-0.15, -0.1) is 0 Å². The highest BCUT2D eigenvalue weighted by Crippen LogP contribution is 2.29. The summed E-state index contributed by atoms with van der Waals surface area (Å²) in [6, 6.07) is 8.70. The van der Waals surface area contributed by atoms with E-state index in [4.69, 9.17) is 23.2 Å². The fraction of sp³-hybridized carbons (Fsp3) is 0.312.